The Balaban J connectivity index is 2.14. The summed E-state index contributed by atoms with van der Waals surface area (Å²) in [5, 5.41) is 2.26. The van der Waals surface area contributed by atoms with Crippen LogP contribution in [0.3, 0.4) is 0 Å². The van der Waals surface area contributed by atoms with Crippen LogP contribution in [0.4, 0.5) is 18.9 Å². The third kappa shape index (κ3) is 8.51. The molecule has 12 heteroatoms. The lowest BCUT2D eigenvalue weighted by Gasteiger charge is -2.34. The Bertz CT molecular complexity index is 1520. The van der Waals surface area contributed by atoms with E-state index in [1.165, 1.54) is 17.0 Å². The first kappa shape index (κ1) is 33.9. The minimum atomic E-state index is -4.88. The molecule has 3 aromatic carbocycles. The van der Waals surface area contributed by atoms with Crippen molar-refractivity contribution in [3.8, 4) is 0 Å². The second kappa shape index (κ2) is 14.3. The van der Waals surface area contributed by atoms with Gasteiger partial charge in [0.15, 0.2) is 0 Å². The molecule has 43 heavy (non-hydrogen) atoms. The summed E-state index contributed by atoms with van der Waals surface area (Å²) >= 11 is 5.82. The van der Waals surface area contributed by atoms with E-state index < -0.39 is 56.9 Å². The molecule has 0 unspecified atom stereocenters. The number of benzene rings is 3. The SMILES string of the molecule is CC[C@@H](C)NC(=O)[C@@H](CC)N(Cc1ccccc1)C(=O)CN(c1ccc(Cl)c(C(F)(F)F)c1)S(=O)(=O)c1ccc(C)cc1. The minimum Gasteiger partial charge on any atom is -0.352 e. The van der Waals surface area contributed by atoms with Gasteiger partial charge in [0.1, 0.15) is 12.6 Å². The summed E-state index contributed by atoms with van der Waals surface area (Å²) in [5.41, 5.74) is -0.199. The van der Waals surface area contributed by atoms with Crippen LogP contribution in [0.5, 0.6) is 0 Å². The molecular weight excluding hydrogens is 603 g/mol. The molecule has 0 saturated heterocycles. The van der Waals surface area contributed by atoms with Crippen molar-refractivity contribution in [3.05, 3.63) is 94.5 Å². The Morgan fingerprint density at radius 3 is 2.14 bits per heavy atom. The Morgan fingerprint density at radius 1 is 0.953 bits per heavy atom. The Kier molecular flexibility index (Phi) is 11.3. The standard InChI is InChI=1S/C31H35ClF3N3O4S/c1-5-22(4)36-30(40)28(6-2)37(19-23-10-8-7-9-11-23)29(39)20-38(43(41,42)25-15-12-21(3)13-16-25)24-14-17-27(32)26(18-24)31(33,34)35/h7-18,22,28H,5-6,19-20H2,1-4H3,(H,36,40)/t22-,28-/m1/s1. The lowest BCUT2D eigenvalue weighted by molar-refractivity contribution is -0.140. The maximum Gasteiger partial charge on any atom is 0.417 e. The van der Waals surface area contributed by atoms with Crippen LogP contribution in [-0.2, 0) is 32.3 Å². The van der Waals surface area contributed by atoms with E-state index >= 15 is 0 Å². The number of hydrogen-bond acceptors (Lipinski definition) is 4. The number of alkyl halides is 3. The minimum absolute atomic E-state index is 0.0288. The fraction of sp³-hybridized carbons (Fsp3) is 0.355. The molecule has 1 N–H and O–H groups in total. The highest BCUT2D eigenvalue weighted by atomic mass is 35.5. The second-order valence-corrected chi connectivity index (χ2v) is 12.5. The molecule has 0 aliphatic rings. The third-order valence-electron chi connectivity index (χ3n) is 7.01. The molecule has 0 aliphatic carbocycles. The number of halogens is 4. The highest BCUT2D eigenvalue weighted by Crippen LogP contribution is 2.38. The number of aryl methyl sites for hydroxylation is 1. The van der Waals surface area contributed by atoms with Gasteiger partial charge >= 0.3 is 6.18 Å². The molecule has 0 aliphatic heterocycles. The number of hydrogen-bond donors (Lipinski definition) is 1. The van der Waals surface area contributed by atoms with Crippen molar-refractivity contribution in [2.75, 3.05) is 10.8 Å². The molecular formula is C31H35ClF3N3O4S. The molecule has 7 nitrogen and oxygen atoms in total. The summed E-state index contributed by atoms with van der Waals surface area (Å²) in [6, 6.07) is 16.1. The van der Waals surface area contributed by atoms with Gasteiger partial charge in [-0.15, -0.1) is 0 Å². The first-order valence-electron chi connectivity index (χ1n) is 13.8. The summed E-state index contributed by atoms with van der Waals surface area (Å²) in [4.78, 5) is 28.4. The Morgan fingerprint density at radius 2 is 1.58 bits per heavy atom. The Labute approximate surface area is 255 Å². The van der Waals surface area contributed by atoms with Crippen LogP contribution >= 0.6 is 11.6 Å². The lowest BCUT2D eigenvalue weighted by Crippen LogP contribution is -2.53. The van der Waals surface area contributed by atoms with Crippen LogP contribution in [0.25, 0.3) is 0 Å². The van der Waals surface area contributed by atoms with Crippen LogP contribution in [0.1, 0.15) is 50.3 Å². The van der Waals surface area contributed by atoms with Gasteiger partial charge in [-0.1, -0.05) is 73.5 Å². The maximum absolute atomic E-state index is 14.1. The van der Waals surface area contributed by atoms with E-state index in [-0.39, 0.29) is 23.9 Å². The number of anilines is 1. The number of nitrogens with zero attached hydrogens (tertiary/aromatic N) is 2. The second-order valence-electron chi connectivity index (χ2n) is 10.2. The number of nitrogens with one attached hydrogen (secondary N) is 1. The molecule has 0 fully saturated rings. The molecule has 0 heterocycles. The third-order valence-corrected chi connectivity index (χ3v) is 9.13. The van der Waals surface area contributed by atoms with Crippen LogP contribution < -0.4 is 9.62 Å². The van der Waals surface area contributed by atoms with Crippen molar-refractivity contribution in [1.82, 2.24) is 10.2 Å². The van der Waals surface area contributed by atoms with Gasteiger partial charge in [-0.25, -0.2) is 8.42 Å². The number of amides is 2. The number of sulfonamides is 1. The van der Waals surface area contributed by atoms with E-state index in [1.54, 1.807) is 56.3 Å². The van der Waals surface area contributed by atoms with E-state index in [4.69, 9.17) is 11.6 Å². The van der Waals surface area contributed by atoms with Crippen molar-refractivity contribution in [2.24, 2.45) is 0 Å². The highest BCUT2D eigenvalue weighted by Gasteiger charge is 2.37. The first-order chi connectivity index (χ1) is 20.2. The van der Waals surface area contributed by atoms with E-state index in [9.17, 15) is 31.2 Å². The van der Waals surface area contributed by atoms with Gasteiger partial charge in [0, 0.05) is 12.6 Å². The van der Waals surface area contributed by atoms with Crippen molar-refractivity contribution in [3.63, 3.8) is 0 Å². The number of rotatable bonds is 12. The molecule has 0 spiro atoms. The first-order valence-corrected chi connectivity index (χ1v) is 15.6. The zero-order valence-corrected chi connectivity index (χ0v) is 25.9. The lowest BCUT2D eigenvalue weighted by atomic mass is 10.1. The van der Waals surface area contributed by atoms with E-state index in [1.807, 2.05) is 13.8 Å². The molecule has 2 atom stereocenters. The summed E-state index contributed by atoms with van der Waals surface area (Å²) in [7, 11) is -4.55. The largest absolute Gasteiger partial charge is 0.417 e. The zero-order valence-electron chi connectivity index (χ0n) is 24.4. The van der Waals surface area contributed by atoms with Gasteiger partial charge in [0.05, 0.1) is 21.2 Å². The Hall–Kier alpha value is -3.57. The number of carbonyl (C=O) groups is 2. The molecule has 0 saturated carbocycles. The summed E-state index contributed by atoms with van der Waals surface area (Å²) in [6.45, 7) is 6.30. The van der Waals surface area contributed by atoms with Crippen molar-refractivity contribution < 1.29 is 31.2 Å². The van der Waals surface area contributed by atoms with Crippen molar-refractivity contribution in [1.29, 1.82) is 0 Å². The van der Waals surface area contributed by atoms with E-state index in [0.717, 1.165) is 17.7 Å². The monoisotopic (exact) mass is 637 g/mol. The summed E-state index contributed by atoms with van der Waals surface area (Å²) < 4.78 is 69.9. The van der Waals surface area contributed by atoms with Crippen LogP contribution in [0.15, 0.2) is 77.7 Å². The van der Waals surface area contributed by atoms with Crippen LogP contribution in [-0.4, -0.2) is 43.8 Å². The predicted molar refractivity (Wildman–Crippen MR) is 161 cm³/mol. The van der Waals surface area contributed by atoms with Crippen LogP contribution in [0, 0.1) is 6.92 Å². The normalized spacial score (nSPS) is 13.2. The number of carbonyl (C=O) groups excluding carboxylic acids is 2. The quantitative estimate of drug-likeness (QED) is 0.243. The van der Waals surface area contributed by atoms with Gasteiger partial charge in [-0.05, 0) is 62.6 Å². The van der Waals surface area contributed by atoms with Crippen molar-refractivity contribution in [2.45, 2.75) is 70.2 Å². The fourth-order valence-corrected chi connectivity index (χ4v) is 6.02. The average molecular weight is 638 g/mol. The molecule has 0 radical (unpaired) electrons. The maximum atomic E-state index is 14.1. The van der Waals surface area contributed by atoms with Gasteiger partial charge in [0.2, 0.25) is 11.8 Å². The summed E-state index contributed by atoms with van der Waals surface area (Å²) in [6.07, 6.45) is -4.02. The molecule has 3 rings (SSSR count). The van der Waals surface area contributed by atoms with Gasteiger partial charge < -0.3 is 10.2 Å². The molecule has 232 valence electrons. The predicted octanol–water partition coefficient (Wildman–Crippen LogP) is 6.58. The zero-order chi connectivity index (χ0) is 31.9. The fourth-order valence-electron chi connectivity index (χ4n) is 4.39. The topological polar surface area (TPSA) is 86.8 Å². The summed E-state index contributed by atoms with van der Waals surface area (Å²) in [5.74, 6) is -1.19. The van der Waals surface area contributed by atoms with Gasteiger partial charge in [-0.2, -0.15) is 13.2 Å². The molecule has 3 aromatic rings. The van der Waals surface area contributed by atoms with Gasteiger partial charge in [0.25, 0.3) is 10.0 Å². The average Bonchev–Trinajstić information content (AvgIpc) is 2.96. The smallest absolute Gasteiger partial charge is 0.352 e. The van der Waals surface area contributed by atoms with E-state index in [0.29, 0.717) is 22.4 Å². The molecule has 2 amide bonds. The van der Waals surface area contributed by atoms with Gasteiger partial charge in [-0.3, -0.25) is 13.9 Å². The molecule has 0 aromatic heterocycles. The molecule has 0 bridgehead atoms. The van der Waals surface area contributed by atoms with Crippen LogP contribution in [0.2, 0.25) is 5.02 Å². The van der Waals surface area contributed by atoms with Crippen molar-refractivity contribution >= 4 is 39.1 Å². The van der Waals surface area contributed by atoms with E-state index in [2.05, 4.69) is 5.32 Å². The highest BCUT2D eigenvalue weighted by molar-refractivity contribution is 7.92.